The van der Waals surface area contributed by atoms with Crippen molar-refractivity contribution in [3.63, 3.8) is 0 Å². The van der Waals surface area contributed by atoms with Gasteiger partial charge in [0.2, 0.25) is 0 Å². The van der Waals surface area contributed by atoms with Crippen LogP contribution in [0.25, 0.3) is 0 Å². The van der Waals surface area contributed by atoms with Gasteiger partial charge in [0, 0.05) is 62.2 Å². The first-order chi connectivity index (χ1) is 11.6. The Balaban J connectivity index is 1.47. The van der Waals surface area contributed by atoms with Crippen molar-refractivity contribution in [3.8, 4) is 0 Å². The van der Waals surface area contributed by atoms with Crippen LogP contribution in [-0.4, -0.2) is 46.1 Å². The second-order valence-electron chi connectivity index (χ2n) is 7.03. The summed E-state index contributed by atoms with van der Waals surface area (Å²) in [4.78, 5) is 32.2. The zero-order valence-electron chi connectivity index (χ0n) is 14.0. The Morgan fingerprint density at radius 1 is 1.08 bits per heavy atom. The van der Waals surface area contributed by atoms with E-state index in [2.05, 4.69) is 49.6 Å². The summed E-state index contributed by atoms with van der Waals surface area (Å²) in [6, 6.07) is 2.10. The van der Waals surface area contributed by atoms with Gasteiger partial charge in [0.05, 0.1) is 0 Å². The van der Waals surface area contributed by atoms with Gasteiger partial charge in [0.1, 0.15) is 12.1 Å². The normalized spacial score (nSPS) is 23.1. The lowest BCUT2D eigenvalue weighted by Crippen LogP contribution is -2.32. The molecule has 4 rings (SSSR count). The molecule has 0 radical (unpaired) electrons. The van der Waals surface area contributed by atoms with E-state index in [0.29, 0.717) is 23.6 Å². The van der Waals surface area contributed by atoms with Crippen molar-refractivity contribution in [3.05, 3.63) is 40.8 Å². The predicted octanol–water partition coefficient (Wildman–Crippen LogP) is 1.26. The van der Waals surface area contributed by atoms with Crippen molar-refractivity contribution < 1.29 is 0 Å². The van der Waals surface area contributed by atoms with Crippen LogP contribution in [0.5, 0.6) is 0 Å². The average Bonchev–Trinajstić information content (AvgIpc) is 3.14. The van der Waals surface area contributed by atoms with Crippen molar-refractivity contribution in [1.29, 1.82) is 0 Å². The highest BCUT2D eigenvalue weighted by Crippen LogP contribution is 2.34. The smallest absolute Gasteiger partial charge is 0.290 e. The molecule has 0 bridgehead atoms. The summed E-state index contributed by atoms with van der Waals surface area (Å²) in [5.41, 5.74) is 0.977. The number of aromatic nitrogens is 4. The average molecular weight is 326 g/mol. The fourth-order valence-corrected chi connectivity index (χ4v) is 3.77. The third-order valence-electron chi connectivity index (χ3n) is 5.06. The van der Waals surface area contributed by atoms with E-state index in [9.17, 15) is 4.79 Å². The molecule has 2 aromatic rings. The van der Waals surface area contributed by atoms with E-state index in [1.807, 2.05) is 0 Å². The quantitative estimate of drug-likeness (QED) is 0.915. The van der Waals surface area contributed by atoms with Crippen LogP contribution in [-0.2, 0) is 0 Å². The number of H-pyrrole nitrogens is 1. The maximum atomic E-state index is 11.9. The van der Waals surface area contributed by atoms with E-state index >= 15 is 0 Å². The summed E-state index contributed by atoms with van der Waals surface area (Å²) in [6.07, 6.45) is 4.88. The minimum Gasteiger partial charge on any atom is -0.356 e. The van der Waals surface area contributed by atoms with Gasteiger partial charge in [-0.15, -0.1) is 0 Å². The molecule has 2 aromatic heterocycles. The lowest BCUT2D eigenvalue weighted by atomic mass is 10.0. The number of hydrogen-bond acceptors (Lipinski definition) is 6. The second kappa shape index (κ2) is 5.89. The molecule has 2 fully saturated rings. The summed E-state index contributed by atoms with van der Waals surface area (Å²) in [6.45, 7) is 7.99. The van der Waals surface area contributed by atoms with Gasteiger partial charge in [-0.05, 0) is 5.92 Å². The Morgan fingerprint density at radius 2 is 1.79 bits per heavy atom. The Labute approximate surface area is 140 Å². The van der Waals surface area contributed by atoms with E-state index in [0.717, 1.165) is 37.7 Å². The molecule has 2 saturated heterocycles. The summed E-state index contributed by atoms with van der Waals surface area (Å²) in [5.74, 6) is 3.06. The van der Waals surface area contributed by atoms with Crippen LogP contribution in [0.15, 0.2) is 29.6 Å². The predicted molar refractivity (Wildman–Crippen MR) is 92.4 cm³/mol. The van der Waals surface area contributed by atoms with Crippen molar-refractivity contribution in [2.24, 2.45) is 11.8 Å². The molecule has 0 aliphatic carbocycles. The lowest BCUT2D eigenvalue weighted by molar-refractivity contribution is 0.533. The molecule has 24 heavy (non-hydrogen) atoms. The van der Waals surface area contributed by atoms with Crippen molar-refractivity contribution >= 4 is 11.6 Å². The summed E-state index contributed by atoms with van der Waals surface area (Å²) in [5, 5.41) is 0. The molecule has 2 aliphatic rings. The number of nitrogens with one attached hydrogen (secondary N) is 1. The minimum absolute atomic E-state index is 0.105. The number of aromatic amines is 1. The molecule has 2 aliphatic heterocycles. The Kier molecular flexibility index (Phi) is 3.70. The fourth-order valence-electron chi connectivity index (χ4n) is 3.77. The second-order valence-corrected chi connectivity index (χ2v) is 7.03. The number of hydrogen-bond donors (Lipinski definition) is 1. The molecule has 0 saturated carbocycles. The van der Waals surface area contributed by atoms with Crippen LogP contribution in [0, 0.1) is 11.8 Å². The monoisotopic (exact) mass is 326 g/mol. The third-order valence-corrected chi connectivity index (χ3v) is 5.06. The van der Waals surface area contributed by atoms with Crippen LogP contribution in [0.3, 0.4) is 0 Å². The van der Waals surface area contributed by atoms with Gasteiger partial charge in [-0.3, -0.25) is 4.79 Å². The SMILES string of the molecule is CC(C)c1cc(N2CC3CN(c4ncc[nH]c4=O)CC3C2)ncn1. The molecular weight excluding hydrogens is 304 g/mol. The number of rotatable bonds is 3. The Hall–Kier alpha value is -2.44. The zero-order chi connectivity index (χ0) is 16.7. The first-order valence-corrected chi connectivity index (χ1v) is 8.47. The van der Waals surface area contributed by atoms with Crippen LogP contribution in [0.2, 0.25) is 0 Å². The number of nitrogens with zero attached hydrogens (tertiary/aromatic N) is 5. The highest BCUT2D eigenvalue weighted by atomic mass is 16.1. The number of fused-ring (bicyclic) bond motifs is 1. The topological polar surface area (TPSA) is 78.0 Å². The van der Waals surface area contributed by atoms with Gasteiger partial charge in [-0.2, -0.15) is 0 Å². The first-order valence-electron chi connectivity index (χ1n) is 8.47. The molecular formula is C17H22N6O. The van der Waals surface area contributed by atoms with E-state index < -0.39 is 0 Å². The van der Waals surface area contributed by atoms with E-state index in [4.69, 9.17) is 0 Å². The standard InChI is InChI=1S/C17H22N6O/c1-11(2)14-5-15(21-10-20-14)22-6-12-8-23(9-13(12)7-22)16-17(24)19-4-3-18-16/h3-5,10-13H,6-9H2,1-2H3,(H,19,24). The maximum absolute atomic E-state index is 11.9. The third kappa shape index (κ3) is 2.64. The number of anilines is 2. The molecule has 1 N–H and O–H groups in total. The summed E-state index contributed by atoms with van der Waals surface area (Å²) < 4.78 is 0. The van der Waals surface area contributed by atoms with Gasteiger partial charge in [0.25, 0.3) is 5.56 Å². The molecule has 0 spiro atoms. The van der Waals surface area contributed by atoms with Gasteiger partial charge in [0.15, 0.2) is 5.82 Å². The molecule has 7 heteroatoms. The van der Waals surface area contributed by atoms with Crippen molar-refractivity contribution in [2.75, 3.05) is 36.0 Å². The molecule has 0 aromatic carbocycles. The van der Waals surface area contributed by atoms with E-state index in [1.54, 1.807) is 18.7 Å². The van der Waals surface area contributed by atoms with Gasteiger partial charge in [-0.1, -0.05) is 13.8 Å². The lowest BCUT2D eigenvalue weighted by Gasteiger charge is -2.22. The molecule has 7 nitrogen and oxygen atoms in total. The highest BCUT2D eigenvalue weighted by molar-refractivity contribution is 5.44. The van der Waals surface area contributed by atoms with Crippen LogP contribution >= 0.6 is 0 Å². The van der Waals surface area contributed by atoms with Crippen molar-refractivity contribution in [2.45, 2.75) is 19.8 Å². The molecule has 4 heterocycles. The largest absolute Gasteiger partial charge is 0.356 e. The Morgan fingerprint density at radius 3 is 2.46 bits per heavy atom. The first kappa shape index (κ1) is 15.1. The Bertz CT molecular complexity index is 774. The highest BCUT2D eigenvalue weighted by Gasteiger charge is 2.41. The fraction of sp³-hybridized carbons (Fsp3) is 0.529. The van der Waals surface area contributed by atoms with Gasteiger partial charge < -0.3 is 14.8 Å². The van der Waals surface area contributed by atoms with Crippen molar-refractivity contribution in [1.82, 2.24) is 19.9 Å². The molecule has 2 unspecified atom stereocenters. The maximum Gasteiger partial charge on any atom is 0.290 e. The zero-order valence-corrected chi connectivity index (χ0v) is 14.0. The molecule has 2 atom stereocenters. The van der Waals surface area contributed by atoms with E-state index in [1.165, 1.54) is 0 Å². The van der Waals surface area contributed by atoms with Crippen LogP contribution in [0.1, 0.15) is 25.5 Å². The summed E-state index contributed by atoms with van der Waals surface area (Å²) >= 11 is 0. The summed E-state index contributed by atoms with van der Waals surface area (Å²) in [7, 11) is 0. The minimum atomic E-state index is -0.105. The van der Waals surface area contributed by atoms with Crippen LogP contribution in [0.4, 0.5) is 11.6 Å². The van der Waals surface area contributed by atoms with Crippen LogP contribution < -0.4 is 15.4 Å². The molecule has 126 valence electrons. The van der Waals surface area contributed by atoms with Gasteiger partial charge in [-0.25, -0.2) is 15.0 Å². The molecule has 0 amide bonds. The van der Waals surface area contributed by atoms with Gasteiger partial charge >= 0.3 is 0 Å². The van der Waals surface area contributed by atoms with E-state index in [-0.39, 0.29) is 5.56 Å².